The van der Waals surface area contributed by atoms with E-state index in [9.17, 15) is 0 Å². The number of aryl methyl sites for hydroxylation is 1. The Hall–Kier alpha value is -7.62. The molecule has 0 aliphatic heterocycles. The molecule has 0 unspecified atom stereocenters. The van der Waals surface area contributed by atoms with Crippen LogP contribution in [0.2, 0.25) is 0 Å². The molecule has 2 heterocycles. The zero-order chi connectivity index (χ0) is 48.7. The molecular formula is C68H57NO2. The van der Waals surface area contributed by atoms with Gasteiger partial charge in [-0.25, -0.2) is 0 Å². The lowest BCUT2D eigenvalue weighted by Gasteiger charge is -2.34. The molecule has 346 valence electrons. The van der Waals surface area contributed by atoms with Crippen molar-refractivity contribution in [3.05, 3.63) is 208 Å². The lowest BCUT2D eigenvalue weighted by molar-refractivity contribution is 0.591. The summed E-state index contributed by atoms with van der Waals surface area (Å²) in [6.45, 7) is 23.7. The molecule has 0 radical (unpaired) electrons. The van der Waals surface area contributed by atoms with E-state index in [0.717, 1.165) is 44.7 Å². The van der Waals surface area contributed by atoms with E-state index in [-0.39, 0.29) is 21.7 Å². The highest BCUT2D eigenvalue weighted by molar-refractivity contribution is 6.21. The van der Waals surface area contributed by atoms with Crippen LogP contribution in [0.4, 0.5) is 17.1 Å². The molecule has 0 saturated heterocycles. The largest absolute Gasteiger partial charge is 0.455 e. The second-order valence-electron chi connectivity index (χ2n) is 23.3. The molecule has 3 nitrogen and oxygen atoms in total. The summed E-state index contributed by atoms with van der Waals surface area (Å²) in [6.07, 6.45) is 0. The van der Waals surface area contributed by atoms with Gasteiger partial charge < -0.3 is 13.7 Å². The van der Waals surface area contributed by atoms with Crippen LogP contribution >= 0.6 is 0 Å². The highest BCUT2D eigenvalue weighted by Gasteiger charge is 2.49. The van der Waals surface area contributed by atoms with Crippen LogP contribution in [-0.2, 0) is 21.7 Å². The minimum Gasteiger partial charge on any atom is -0.455 e. The minimum absolute atomic E-state index is 0.123. The lowest BCUT2D eigenvalue weighted by atomic mass is 9.72. The second kappa shape index (κ2) is 14.0. The van der Waals surface area contributed by atoms with E-state index < -0.39 is 0 Å². The summed E-state index contributed by atoms with van der Waals surface area (Å²) in [5.41, 5.74) is 26.9. The van der Waals surface area contributed by atoms with Gasteiger partial charge in [-0.3, -0.25) is 0 Å². The third kappa shape index (κ3) is 5.55. The van der Waals surface area contributed by atoms with E-state index in [1.165, 1.54) is 105 Å². The molecule has 14 rings (SSSR count). The first-order valence-electron chi connectivity index (χ1n) is 25.4. The summed E-state index contributed by atoms with van der Waals surface area (Å²) in [4.78, 5) is 2.54. The average Bonchev–Trinajstić information content (AvgIpc) is 4.11. The molecule has 0 amide bonds. The van der Waals surface area contributed by atoms with Crippen molar-refractivity contribution in [2.75, 3.05) is 4.90 Å². The summed E-state index contributed by atoms with van der Waals surface area (Å²) in [6, 6.07) is 61.1. The van der Waals surface area contributed by atoms with Gasteiger partial charge in [0.25, 0.3) is 0 Å². The van der Waals surface area contributed by atoms with Crippen molar-refractivity contribution < 1.29 is 8.83 Å². The number of hydrogen-bond donors (Lipinski definition) is 0. The Balaban J connectivity index is 1.00. The van der Waals surface area contributed by atoms with Crippen molar-refractivity contribution in [2.24, 2.45) is 0 Å². The van der Waals surface area contributed by atoms with Gasteiger partial charge in [0.2, 0.25) is 0 Å². The van der Waals surface area contributed by atoms with Crippen molar-refractivity contribution >= 4 is 60.9 Å². The van der Waals surface area contributed by atoms with E-state index in [1.54, 1.807) is 0 Å². The van der Waals surface area contributed by atoms with Gasteiger partial charge >= 0.3 is 0 Å². The molecule has 2 aromatic heterocycles. The maximum absolute atomic E-state index is 7.08. The fourth-order valence-corrected chi connectivity index (χ4v) is 13.6. The van der Waals surface area contributed by atoms with E-state index in [4.69, 9.17) is 8.83 Å². The SMILES string of the molecule is Cc1ccc(-c2cc3c(c4c2oc2ccccc24)-c2ccc(N(c4ccc5c(c4)C(C)(C)c4c6c(c7c(oc8ccccc87)c4-5)-c4ccccc4C6(C)C)c4ccccc4C(C)(C)C)cc2C3(C)C)cc1. The van der Waals surface area contributed by atoms with Crippen molar-refractivity contribution in [3.8, 4) is 44.5 Å². The molecule has 0 atom stereocenters. The van der Waals surface area contributed by atoms with Crippen LogP contribution in [0, 0.1) is 6.92 Å². The summed E-state index contributed by atoms with van der Waals surface area (Å²) < 4.78 is 13.9. The maximum Gasteiger partial charge on any atom is 0.144 e. The molecular weight excluding hydrogens is 863 g/mol. The number of benzene rings is 9. The number of furan rings is 2. The zero-order valence-corrected chi connectivity index (χ0v) is 42.4. The Labute approximate surface area is 416 Å². The molecule has 0 spiro atoms. The Morgan fingerprint density at radius 2 is 0.944 bits per heavy atom. The van der Waals surface area contributed by atoms with Gasteiger partial charge in [-0.1, -0.05) is 183 Å². The maximum atomic E-state index is 7.08. The normalized spacial score (nSPS) is 15.5. The number of anilines is 3. The first-order chi connectivity index (χ1) is 34.0. The predicted molar refractivity (Wildman–Crippen MR) is 297 cm³/mol. The molecule has 0 saturated carbocycles. The first-order valence-corrected chi connectivity index (χ1v) is 25.4. The van der Waals surface area contributed by atoms with Crippen molar-refractivity contribution in [1.29, 1.82) is 0 Å². The third-order valence-electron chi connectivity index (χ3n) is 17.0. The number of para-hydroxylation sites is 3. The highest BCUT2D eigenvalue weighted by Crippen LogP contribution is 2.64. The molecule has 0 N–H and O–H groups in total. The zero-order valence-electron chi connectivity index (χ0n) is 42.4. The van der Waals surface area contributed by atoms with Crippen LogP contribution in [0.15, 0.2) is 173 Å². The van der Waals surface area contributed by atoms with Gasteiger partial charge in [0.1, 0.15) is 22.3 Å². The molecule has 3 aliphatic rings. The van der Waals surface area contributed by atoms with E-state index >= 15 is 0 Å². The average molecular weight is 920 g/mol. The molecule has 3 heteroatoms. The summed E-state index contributed by atoms with van der Waals surface area (Å²) in [5.74, 6) is 0. The van der Waals surface area contributed by atoms with Crippen molar-refractivity contribution in [2.45, 2.75) is 90.9 Å². The van der Waals surface area contributed by atoms with Crippen LogP contribution in [-0.4, -0.2) is 0 Å². The molecule has 9 aromatic carbocycles. The van der Waals surface area contributed by atoms with Gasteiger partial charge in [0, 0.05) is 66.0 Å². The van der Waals surface area contributed by atoms with Crippen LogP contribution in [0.5, 0.6) is 0 Å². The van der Waals surface area contributed by atoms with Crippen LogP contribution in [0.3, 0.4) is 0 Å². The van der Waals surface area contributed by atoms with Crippen LogP contribution < -0.4 is 4.90 Å². The standard InChI is InChI=1S/C68H57NO2/c1-38-27-29-39(30-28-38)47-37-52-56(58-45-20-12-17-25-54(45)70-63(47)58)43-33-31-40(35-50(43)66(52,5)6)69(53-24-16-15-23-49(53)65(2,3)4)41-32-34-44-51(36-41)68(9,10)62-60(44)64-59(46-21-13-18-26-55(46)71-64)57-42-19-11-14-22-48(42)67(7,8)61(57)62/h11-37H,1-10H3. The Morgan fingerprint density at radius 3 is 1.62 bits per heavy atom. The smallest absolute Gasteiger partial charge is 0.144 e. The molecule has 11 aromatic rings. The second-order valence-corrected chi connectivity index (χ2v) is 23.3. The van der Waals surface area contributed by atoms with Crippen LogP contribution in [0.25, 0.3) is 88.4 Å². The summed E-state index contributed by atoms with van der Waals surface area (Å²) in [7, 11) is 0. The van der Waals surface area contributed by atoms with Gasteiger partial charge in [-0.05, 0) is 133 Å². The van der Waals surface area contributed by atoms with Gasteiger partial charge in [-0.2, -0.15) is 0 Å². The van der Waals surface area contributed by atoms with Crippen molar-refractivity contribution in [3.63, 3.8) is 0 Å². The van der Waals surface area contributed by atoms with E-state index in [0.29, 0.717) is 0 Å². The highest BCUT2D eigenvalue weighted by atomic mass is 16.3. The van der Waals surface area contributed by atoms with Gasteiger partial charge in [0.05, 0.1) is 0 Å². The monoisotopic (exact) mass is 919 g/mol. The fourth-order valence-electron chi connectivity index (χ4n) is 13.6. The molecule has 71 heavy (non-hydrogen) atoms. The van der Waals surface area contributed by atoms with Gasteiger partial charge in [-0.15, -0.1) is 0 Å². The number of hydrogen-bond acceptors (Lipinski definition) is 3. The minimum atomic E-state index is -0.345. The Bertz CT molecular complexity index is 4120. The fraction of sp³-hybridized carbons (Fsp3) is 0.206. The summed E-state index contributed by atoms with van der Waals surface area (Å²) in [5, 5.41) is 4.76. The first kappa shape index (κ1) is 42.3. The number of rotatable bonds is 4. The van der Waals surface area contributed by atoms with E-state index in [1.807, 2.05) is 0 Å². The van der Waals surface area contributed by atoms with E-state index in [2.05, 4.69) is 238 Å². The predicted octanol–water partition coefficient (Wildman–Crippen LogP) is 19.1. The molecule has 0 bridgehead atoms. The number of nitrogens with zero attached hydrogens (tertiary/aromatic N) is 1. The lowest BCUT2D eigenvalue weighted by Crippen LogP contribution is -2.24. The quantitative estimate of drug-likeness (QED) is 0.176. The Kier molecular flexibility index (Phi) is 8.36. The topological polar surface area (TPSA) is 29.5 Å². The summed E-state index contributed by atoms with van der Waals surface area (Å²) >= 11 is 0. The number of fused-ring (bicyclic) bond motifs is 19. The Morgan fingerprint density at radius 1 is 0.423 bits per heavy atom. The molecule has 0 fully saturated rings. The van der Waals surface area contributed by atoms with Crippen molar-refractivity contribution in [1.82, 2.24) is 0 Å². The third-order valence-corrected chi connectivity index (χ3v) is 17.0. The van der Waals surface area contributed by atoms with Gasteiger partial charge in [0.15, 0.2) is 0 Å². The molecule has 3 aliphatic carbocycles. The van der Waals surface area contributed by atoms with Crippen LogP contribution in [0.1, 0.15) is 107 Å².